The van der Waals surface area contributed by atoms with Crippen LogP contribution < -0.4 is 0 Å². The highest BCUT2D eigenvalue weighted by Gasteiger charge is 2.11. The van der Waals surface area contributed by atoms with Gasteiger partial charge in [-0.1, -0.05) is 74.4 Å². The molecular weight excluding hydrogens is 312 g/mol. The predicted molar refractivity (Wildman–Crippen MR) is 99.9 cm³/mol. The van der Waals surface area contributed by atoms with Crippen LogP contribution in [0, 0.1) is 17.8 Å². The van der Waals surface area contributed by atoms with Crippen molar-refractivity contribution < 1.29 is 14.3 Å². The lowest BCUT2D eigenvalue weighted by Gasteiger charge is -2.10. The Morgan fingerprint density at radius 2 is 1.68 bits per heavy atom. The molecular formula is C22H22O3. The van der Waals surface area contributed by atoms with Crippen molar-refractivity contribution in [3.05, 3.63) is 77.9 Å². The van der Waals surface area contributed by atoms with Gasteiger partial charge in [0.2, 0.25) is 0 Å². The maximum Gasteiger partial charge on any atom is 0.509 e. The largest absolute Gasteiger partial charge is 0.509 e. The molecule has 2 rings (SSSR count). The molecule has 0 fully saturated rings. The van der Waals surface area contributed by atoms with Crippen LogP contribution in [0.1, 0.15) is 25.0 Å². The normalized spacial score (nSPS) is 11.6. The number of carbonyl (C=O) groups excluding carboxylic acids is 1. The summed E-state index contributed by atoms with van der Waals surface area (Å²) < 4.78 is 10.4. The number of ether oxygens (including phenoxy) is 2. The molecule has 128 valence electrons. The standard InChI is InChI=1S/C22H22O3/c1-18(2)17-24-22(23)25-21(15-13-19-9-5-3-6-10-19)16-14-20-11-7-4-8-12-20/h3-13,15,18,21H,17H2,1-2H3/b15-13+. The van der Waals surface area contributed by atoms with Gasteiger partial charge in [-0.3, -0.25) is 0 Å². The Labute approximate surface area is 149 Å². The summed E-state index contributed by atoms with van der Waals surface area (Å²) >= 11 is 0. The molecule has 0 bridgehead atoms. The van der Waals surface area contributed by atoms with Crippen LogP contribution in [0.4, 0.5) is 4.79 Å². The lowest BCUT2D eigenvalue weighted by Crippen LogP contribution is -2.17. The first kappa shape index (κ1) is 18.4. The van der Waals surface area contributed by atoms with Crippen molar-refractivity contribution in [2.24, 2.45) is 5.92 Å². The molecule has 0 N–H and O–H groups in total. The second-order valence-electron chi connectivity index (χ2n) is 5.90. The predicted octanol–water partition coefficient (Wildman–Crippen LogP) is 4.93. The second-order valence-corrected chi connectivity index (χ2v) is 5.90. The average Bonchev–Trinajstić information content (AvgIpc) is 2.64. The van der Waals surface area contributed by atoms with Crippen LogP contribution in [0.5, 0.6) is 0 Å². The summed E-state index contributed by atoms with van der Waals surface area (Å²) in [6.45, 7) is 4.25. The van der Waals surface area contributed by atoms with E-state index in [4.69, 9.17) is 9.47 Å². The third-order valence-corrected chi connectivity index (χ3v) is 3.15. The van der Waals surface area contributed by atoms with E-state index in [-0.39, 0.29) is 5.92 Å². The van der Waals surface area contributed by atoms with Gasteiger partial charge in [0.05, 0.1) is 6.61 Å². The average molecular weight is 334 g/mol. The molecule has 0 saturated carbocycles. The van der Waals surface area contributed by atoms with E-state index in [0.29, 0.717) is 6.61 Å². The lowest BCUT2D eigenvalue weighted by atomic mass is 10.2. The molecule has 0 heterocycles. The van der Waals surface area contributed by atoms with Crippen molar-refractivity contribution in [1.82, 2.24) is 0 Å². The van der Waals surface area contributed by atoms with Crippen molar-refractivity contribution >= 4 is 12.2 Å². The van der Waals surface area contributed by atoms with E-state index in [1.165, 1.54) is 0 Å². The summed E-state index contributed by atoms with van der Waals surface area (Å²) in [5, 5.41) is 0. The van der Waals surface area contributed by atoms with Gasteiger partial charge in [0.15, 0.2) is 6.10 Å². The van der Waals surface area contributed by atoms with E-state index in [1.54, 1.807) is 6.08 Å². The first-order valence-corrected chi connectivity index (χ1v) is 8.27. The molecule has 1 atom stereocenters. The SMILES string of the molecule is CC(C)COC(=O)OC(C#Cc1ccccc1)/C=C/c1ccccc1. The van der Waals surface area contributed by atoms with Gasteiger partial charge in [-0.15, -0.1) is 0 Å². The molecule has 0 amide bonds. The Balaban J connectivity index is 2.09. The van der Waals surface area contributed by atoms with E-state index in [9.17, 15) is 4.79 Å². The smallest absolute Gasteiger partial charge is 0.434 e. The topological polar surface area (TPSA) is 35.5 Å². The summed E-state index contributed by atoms with van der Waals surface area (Å²) in [6.07, 6.45) is 2.24. The fourth-order valence-electron chi connectivity index (χ4n) is 1.93. The van der Waals surface area contributed by atoms with E-state index in [2.05, 4.69) is 11.8 Å². The zero-order valence-electron chi connectivity index (χ0n) is 14.5. The monoisotopic (exact) mass is 334 g/mol. The van der Waals surface area contributed by atoms with Crippen LogP contribution in [0.15, 0.2) is 66.7 Å². The third kappa shape index (κ3) is 7.41. The van der Waals surface area contributed by atoms with Crippen LogP contribution in [-0.2, 0) is 9.47 Å². The Hall–Kier alpha value is -2.99. The summed E-state index contributed by atoms with van der Waals surface area (Å²) in [6, 6.07) is 19.3. The molecule has 2 aromatic rings. The lowest BCUT2D eigenvalue weighted by molar-refractivity contribution is 0.0430. The molecule has 0 aliphatic rings. The fraction of sp³-hybridized carbons (Fsp3) is 0.227. The van der Waals surface area contributed by atoms with E-state index >= 15 is 0 Å². The van der Waals surface area contributed by atoms with Crippen molar-refractivity contribution in [1.29, 1.82) is 0 Å². The molecule has 0 saturated heterocycles. The number of rotatable bonds is 5. The maximum absolute atomic E-state index is 11.8. The van der Waals surface area contributed by atoms with Crippen molar-refractivity contribution in [3.8, 4) is 11.8 Å². The van der Waals surface area contributed by atoms with Crippen LogP contribution in [0.3, 0.4) is 0 Å². The van der Waals surface area contributed by atoms with Crippen LogP contribution >= 0.6 is 0 Å². The van der Waals surface area contributed by atoms with E-state index < -0.39 is 12.3 Å². The Bertz CT molecular complexity index is 737. The van der Waals surface area contributed by atoms with Crippen LogP contribution in [0.2, 0.25) is 0 Å². The quantitative estimate of drug-likeness (QED) is 0.574. The maximum atomic E-state index is 11.8. The van der Waals surface area contributed by atoms with Gasteiger partial charge >= 0.3 is 6.16 Å². The van der Waals surface area contributed by atoms with Gasteiger partial charge in [0, 0.05) is 5.56 Å². The molecule has 2 aromatic carbocycles. The fourth-order valence-corrected chi connectivity index (χ4v) is 1.93. The Morgan fingerprint density at radius 3 is 2.32 bits per heavy atom. The highest BCUT2D eigenvalue weighted by Crippen LogP contribution is 2.06. The molecule has 3 heteroatoms. The molecule has 3 nitrogen and oxygen atoms in total. The van der Waals surface area contributed by atoms with Gasteiger partial charge in [-0.2, -0.15) is 0 Å². The van der Waals surface area contributed by atoms with E-state index in [0.717, 1.165) is 11.1 Å². The highest BCUT2D eigenvalue weighted by molar-refractivity contribution is 5.61. The summed E-state index contributed by atoms with van der Waals surface area (Å²) in [7, 11) is 0. The minimum Gasteiger partial charge on any atom is -0.434 e. The highest BCUT2D eigenvalue weighted by atomic mass is 16.7. The molecule has 0 spiro atoms. The molecule has 0 aliphatic carbocycles. The molecule has 25 heavy (non-hydrogen) atoms. The molecule has 0 radical (unpaired) electrons. The van der Waals surface area contributed by atoms with Crippen LogP contribution in [-0.4, -0.2) is 18.9 Å². The van der Waals surface area contributed by atoms with Crippen LogP contribution in [0.25, 0.3) is 6.08 Å². The van der Waals surface area contributed by atoms with Gasteiger partial charge < -0.3 is 9.47 Å². The minimum atomic E-state index is -0.709. The number of benzene rings is 2. The first-order chi connectivity index (χ1) is 12.1. The number of carbonyl (C=O) groups is 1. The molecule has 0 aliphatic heterocycles. The summed E-state index contributed by atoms with van der Waals surface area (Å²) in [5.74, 6) is 6.23. The third-order valence-electron chi connectivity index (χ3n) is 3.15. The Morgan fingerprint density at radius 1 is 1.04 bits per heavy atom. The number of hydrogen-bond donors (Lipinski definition) is 0. The minimum absolute atomic E-state index is 0.251. The van der Waals surface area contributed by atoms with Crippen molar-refractivity contribution in [3.63, 3.8) is 0 Å². The van der Waals surface area contributed by atoms with Gasteiger partial charge in [0.25, 0.3) is 0 Å². The van der Waals surface area contributed by atoms with Crippen molar-refractivity contribution in [2.75, 3.05) is 6.61 Å². The molecule has 0 aromatic heterocycles. The zero-order chi connectivity index (χ0) is 17.9. The van der Waals surface area contributed by atoms with Crippen molar-refractivity contribution in [2.45, 2.75) is 20.0 Å². The first-order valence-electron chi connectivity index (χ1n) is 8.27. The zero-order valence-corrected chi connectivity index (χ0v) is 14.5. The Kier molecular flexibility index (Phi) is 7.34. The van der Waals surface area contributed by atoms with Gasteiger partial charge in [0.1, 0.15) is 0 Å². The van der Waals surface area contributed by atoms with Gasteiger partial charge in [-0.25, -0.2) is 4.79 Å². The van der Waals surface area contributed by atoms with E-state index in [1.807, 2.05) is 80.6 Å². The number of hydrogen-bond acceptors (Lipinski definition) is 3. The molecule has 1 unspecified atom stereocenters. The van der Waals surface area contributed by atoms with Gasteiger partial charge in [-0.05, 0) is 35.6 Å². The summed E-state index contributed by atoms with van der Waals surface area (Å²) in [5.41, 5.74) is 1.87. The second kappa shape index (κ2) is 10.00. The summed E-state index contributed by atoms with van der Waals surface area (Å²) in [4.78, 5) is 11.8.